The van der Waals surface area contributed by atoms with Crippen LogP contribution >= 0.6 is 7.14 Å². The lowest BCUT2D eigenvalue weighted by Crippen LogP contribution is -2.20. The fraction of sp³-hybridized carbons (Fsp3) is 0.0217. The molecule has 7 heteroatoms. The Morgan fingerprint density at radius 2 is 1.17 bits per heavy atom. The molecular weight excluding hydrogens is 670 g/mol. The largest absolute Gasteiger partial charge is 0.355 e. The molecule has 0 saturated heterocycles. The van der Waals surface area contributed by atoms with Crippen LogP contribution in [-0.2, 0) is 4.57 Å². The lowest BCUT2D eigenvalue weighted by atomic mass is 9.95. The van der Waals surface area contributed by atoms with E-state index in [9.17, 15) is 15.8 Å². The number of para-hydroxylation sites is 1. The highest BCUT2D eigenvalue weighted by Crippen LogP contribution is 2.53. The van der Waals surface area contributed by atoms with Crippen molar-refractivity contribution in [2.75, 3.05) is 5.32 Å². The van der Waals surface area contributed by atoms with Gasteiger partial charge in [-0.25, -0.2) is 0 Å². The molecule has 53 heavy (non-hydrogen) atoms. The lowest BCUT2D eigenvalue weighted by molar-refractivity contribution is 0.593. The van der Waals surface area contributed by atoms with E-state index in [0.717, 1.165) is 82.6 Å². The van der Waals surface area contributed by atoms with Crippen LogP contribution in [0, 0.1) is 40.9 Å². The number of nitrogens with one attached hydrogen (secondary N) is 1. The molecule has 0 radical (unpaired) electrons. The highest BCUT2D eigenvalue weighted by Gasteiger charge is 2.40. The molecule has 0 aliphatic carbocycles. The summed E-state index contributed by atoms with van der Waals surface area (Å²) in [5.74, 6) is 0. The Balaban J connectivity index is 1.24. The molecule has 1 aliphatic heterocycles. The highest BCUT2D eigenvalue weighted by atomic mass is 31.2. The predicted molar refractivity (Wildman–Crippen MR) is 213 cm³/mol. The van der Waals surface area contributed by atoms with E-state index in [1.165, 1.54) is 0 Å². The van der Waals surface area contributed by atoms with E-state index < -0.39 is 7.14 Å². The number of nitriles is 3. The number of rotatable bonds is 5. The van der Waals surface area contributed by atoms with Crippen LogP contribution in [0.4, 0.5) is 11.4 Å². The van der Waals surface area contributed by atoms with Gasteiger partial charge < -0.3 is 14.4 Å². The van der Waals surface area contributed by atoms with Crippen molar-refractivity contribution < 1.29 is 4.57 Å². The first kappa shape index (κ1) is 31.8. The summed E-state index contributed by atoms with van der Waals surface area (Å²) in [4.78, 5) is 0. The fourth-order valence-corrected chi connectivity index (χ4v) is 10.7. The molecule has 2 heterocycles. The molecular formula is C46H28N5OP. The topological polar surface area (TPSA) is 105 Å². The Morgan fingerprint density at radius 3 is 1.94 bits per heavy atom. The van der Waals surface area contributed by atoms with Crippen molar-refractivity contribution in [2.24, 2.45) is 0 Å². The second-order valence-electron chi connectivity index (χ2n) is 13.2. The average Bonchev–Trinajstić information content (AvgIpc) is 3.67. The number of aryl methyl sites for hydroxylation is 1. The third kappa shape index (κ3) is 4.96. The zero-order chi connectivity index (χ0) is 36.3. The molecule has 1 aromatic heterocycles. The number of hydrogen-bond acceptors (Lipinski definition) is 5. The quantitative estimate of drug-likeness (QED) is 0.180. The van der Waals surface area contributed by atoms with Crippen molar-refractivity contribution >= 4 is 56.2 Å². The minimum atomic E-state index is -3.23. The molecule has 0 spiro atoms. The number of benzene rings is 7. The number of nitrogens with zero attached hydrogens (tertiary/aromatic N) is 4. The zero-order valence-corrected chi connectivity index (χ0v) is 29.4. The molecule has 0 fully saturated rings. The number of anilines is 2. The molecule has 1 N–H and O–H groups in total. The van der Waals surface area contributed by atoms with Gasteiger partial charge in [-0.2, -0.15) is 15.8 Å². The van der Waals surface area contributed by atoms with Crippen LogP contribution in [0.25, 0.3) is 49.7 Å². The van der Waals surface area contributed by atoms with Gasteiger partial charge in [0.05, 0.1) is 45.9 Å². The van der Waals surface area contributed by atoms with Gasteiger partial charge in [0.2, 0.25) is 0 Å². The molecule has 1 aliphatic rings. The summed E-state index contributed by atoms with van der Waals surface area (Å²) in [6, 6.07) is 53.7. The number of hydrogen-bond donors (Lipinski definition) is 1. The first-order valence-corrected chi connectivity index (χ1v) is 18.8. The van der Waals surface area contributed by atoms with Gasteiger partial charge in [0, 0.05) is 49.3 Å². The zero-order valence-electron chi connectivity index (χ0n) is 28.5. The van der Waals surface area contributed by atoms with Crippen LogP contribution in [-0.4, -0.2) is 4.57 Å². The number of fused-ring (bicyclic) bond motifs is 6. The van der Waals surface area contributed by atoms with Gasteiger partial charge in [0.15, 0.2) is 7.14 Å². The molecule has 9 rings (SSSR count). The van der Waals surface area contributed by atoms with Gasteiger partial charge >= 0.3 is 0 Å². The smallest absolute Gasteiger partial charge is 0.172 e. The van der Waals surface area contributed by atoms with E-state index in [1.54, 1.807) is 12.1 Å². The predicted octanol–water partition coefficient (Wildman–Crippen LogP) is 9.74. The van der Waals surface area contributed by atoms with Crippen molar-refractivity contribution in [3.8, 4) is 46.1 Å². The van der Waals surface area contributed by atoms with Gasteiger partial charge in [0.1, 0.15) is 0 Å². The van der Waals surface area contributed by atoms with E-state index in [-0.39, 0.29) is 0 Å². The van der Waals surface area contributed by atoms with Crippen LogP contribution in [0.2, 0.25) is 0 Å². The standard InChI is InChI=1S/C46H28N5OP/c1-29-11-12-30(26-47)21-37(29)38-22-31(27-48)13-17-42(38)50-33-15-19-45-40(24-33)41-25-34(16-20-46(41)53(45,52)35-7-3-2-4-8-35)51-43-10-6-5-9-36(43)39-23-32(28-49)14-18-44(39)51/h2-25,50H,1H3. The SMILES string of the molecule is Cc1ccc(C#N)cc1-c1cc(C#N)ccc1Nc1ccc2c(c1)-c1cc(-n3c4ccccc4c4cc(C#N)ccc43)ccc1P2(=O)c1ccccc1. The van der Waals surface area contributed by atoms with Gasteiger partial charge in [-0.05, 0) is 120 Å². The first-order valence-electron chi connectivity index (χ1n) is 17.1. The third-order valence-electron chi connectivity index (χ3n) is 10.2. The summed E-state index contributed by atoms with van der Waals surface area (Å²) < 4.78 is 17.7. The summed E-state index contributed by atoms with van der Waals surface area (Å²) in [5, 5.41) is 37.1. The van der Waals surface area contributed by atoms with Crippen molar-refractivity contribution in [1.29, 1.82) is 15.8 Å². The fourth-order valence-electron chi connectivity index (χ4n) is 7.71. The molecule has 0 amide bonds. The molecule has 0 bridgehead atoms. The van der Waals surface area contributed by atoms with Crippen LogP contribution in [0.1, 0.15) is 22.3 Å². The second-order valence-corrected chi connectivity index (χ2v) is 15.9. The molecule has 6 nitrogen and oxygen atoms in total. The molecule has 0 saturated carbocycles. The minimum absolute atomic E-state index is 0.514. The maximum absolute atomic E-state index is 15.5. The highest BCUT2D eigenvalue weighted by molar-refractivity contribution is 7.86. The van der Waals surface area contributed by atoms with E-state index in [2.05, 4.69) is 52.4 Å². The van der Waals surface area contributed by atoms with Crippen molar-refractivity contribution in [1.82, 2.24) is 4.57 Å². The van der Waals surface area contributed by atoms with E-state index in [1.807, 2.05) is 116 Å². The van der Waals surface area contributed by atoms with Gasteiger partial charge in [-0.15, -0.1) is 0 Å². The van der Waals surface area contributed by atoms with E-state index >= 15 is 4.57 Å². The summed E-state index contributed by atoms with van der Waals surface area (Å²) >= 11 is 0. The first-order chi connectivity index (χ1) is 25.9. The summed E-state index contributed by atoms with van der Waals surface area (Å²) in [5.41, 5.74) is 10.6. The Labute approximate surface area is 306 Å². The second kappa shape index (κ2) is 12.3. The van der Waals surface area contributed by atoms with Crippen molar-refractivity contribution in [3.63, 3.8) is 0 Å². The Bertz CT molecular complexity index is 3010. The normalized spacial score (nSPS) is 14.2. The Hall–Kier alpha value is -7.16. The molecule has 7 aromatic carbocycles. The third-order valence-corrected chi connectivity index (χ3v) is 13.4. The number of aromatic nitrogens is 1. The Kier molecular flexibility index (Phi) is 7.36. The molecule has 1 atom stereocenters. The van der Waals surface area contributed by atoms with Gasteiger partial charge in [-0.3, -0.25) is 0 Å². The van der Waals surface area contributed by atoms with Crippen LogP contribution in [0.5, 0.6) is 0 Å². The van der Waals surface area contributed by atoms with Gasteiger partial charge in [-0.1, -0.05) is 54.6 Å². The lowest BCUT2D eigenvalue weighted by Gasteiger charge is -2.17. The molecule has 8 aromatic rings. The monoisotopic (exact) mass is 697 g/mol. The van der Waals surface area contributed by atoms with Gasteiger partial charge in [0.25, 0.3) is 0 Å². The van der Waals surface area contributed by atoms with Crippen molar-refractivity contribution in [2.45, 2.75) is 6.92 Å². The van der Waals surface area contributed by atoms with Crippen LogP contribution < -0.4 is 21.2 Å². The minimum Gasteiger partial charge on any atom is -0.355 e. The summed E-state index contributed by atoms with van der Waals surface area (Å²) in [6.45, 7) is 1.99. The Morgan fingerprint density at radius 1 is 0.547 bits per heavy atom. The maximum atomic E-state index is 15.5. The van der Waals surface area contributed by atoms with Crippen LogP contribution in [0.3, 0.4) is 0 Å². The molecule has 1 unspecified atom stereocenters. The average molecular weight is 698 g/mol. The summed E-state index contributed by atoms with van der Waals surface area (Å²) in [7, 11) is -3.23. The van der Waals surface area contributed by atoms with E-state index in [0.29, 0.717) is 16.7 Å². The summed E-state index contributed by atoms with van der Waals surface area (Å²) in [6.07, 6.45) is 0. The molecule has 248 valence electrons. The van der Waals surface area contributed by atoms with Crippen molar-refractivity contribution in [3.05, 3.63) is 168 Å². The maximum Gasteiger partial charge on any atom is 0.172 e. The van der Waals surface area contributed by atoms with E-state index in [4.69, 9.17) is 0 Å². The van der Waals surface area contributed by atoms with Crippen LogP contribution in [0.15, 0.2) is 146 Å².